The van der Waals surface area contributed by atoms with Crippen LogP contribution in [0.2, 0.25) is 0 Å². The number of rotatable bonds is 10. The fraction of sp³-hybridized carbons (Fsp3) is 0.733. The molecule has 0 saturated heterocycles. The van der Waals surface area contributed by atoms with Crippen molar-refractivity contribution in [2.45, 2.75) is 59.0 Å². The smallest absolute Gasteiger partial charge is 0.351 e. The van der Waals surface area contributed by atoms with Gasteiger partial charge in [0.25, 0.3) is 8.53 Å². The summed E-state index contributed by atoms with van der Waals surface area (Å²) in [6.07, 6.45) is -0.233. The minimum absolute atomic E-state index is 0.0826. The molecule has 10 heteroatoms. The summed E-state index contributed by atoms with van der Waals surface area (Å²) in [7, 11) is -1.86. The summed E-state index contributed by atoms with van der Waals surface area (Å²) in [6.45, 7) is 8.44. The number of nitrogen functional groups attached to an aromatic ring is 1. The van der Waals surface area contributed by atoms with Gasteiger partial charge in [0.2, 0.25) is 0 Å². The van der Waals surface area contributed by atoms with Gasteiger partial charge in [-0.25, -0.2) is 13.9 Å². The minimum Gasteiger partial charge on any atom is -0.383 e. The van der Waals surface area contributed by atoms with E-state index in [1.54, 1.807) is 6.92 Å². The molecule has 1 aromatic rings. The number of hydrogen-bond acceptors (Lipinski definition) is 7. The van der Waals surface area contributed by atoms with Crippen LogP contribution in [0.4, 0.5) is 10.2 Å². The highest BCUT2D eigenvalue weighted by molar-refractivity contribution is 7.43. The monoisotopic (exact) mass is 378 g/mol. The van der Waals surface area contributed by atoms with Crippen molar-refractivity contribution in [3.8, 4) is 0 Å². The van der Waals surface area contributed by atoms with E-state index in [1.807, 2.05) is 32.4 Å². The summed E-state index contributed by atoms with van der Waals surface area (Å²) in [4.78, 5) is 25.6. The predicted molar refractivity (Wildman–Crippen MR) is 95.7 cm³/mol. The quantitative estimate of drug-likeness (QED) is 0.601. The highest BCUT2D eigenvalue weighted by Gasteiger charge is 2.26. The number of nitrogens with two attached hydrogens (primary N) is 1. The zero-order valence-corrected chi connectivity index (χ0v) is 16.2. The van der Waals surface area contributed by atoms with Crippen LogP contribution in [0.25, 0.3) is 0 Å². The van der Waals surface area contributed by atoms with Crippen molar-refractivity contribution in [1.29, 1.82) is 0 Å². The summed E-state index contributed by atoms with van der Waals surface area (Å²) >= 11 is 0. The molecule has 3 unspecified atom stereocenters. The van der Waals surface area contributed by atoms with E-state index in [-0.39, 0.29) is 24.5 Å². The molecular weight excluding hydrogens is 350 g/mol. The Morgan fingerprint density at radius 1 is 1.36 bits per heavy atom. The van der Waals surface area contributed by atoms with Gasteiger partial charge in [-0.15, -0.1) is 0 Å². The molecule has 0 radical (unpaired) electrons. The Bertz CT molecular complexity index is 579. The first-order valence-corrected chi connectivity index (χ1v) is 9.30. The van der Waals surface area contributed by atoms with Gasteiger partial charge in [0, 0.05) is 18.3 Å². The minimum atomic E-state index is -1.86. The van der Waals surface area contributed by atoms with Gasteiger partial charge in [-0.3, -0.25) is 4.57 Å². The lowest BCUT2D eigenvalue weighted by Crippen LogP contribution is -2.35. The molecule has 1 aromatic heterocycles. The number of anilines is 1. The molecule has 0 saturated carbocycles. The van der Waals surface area contributed by atoms with Gasteiger partial charge in [-0.2, -0.15) is 4.98 Å². The fourth-order valence-electron chi connectivity index (χ4n) is 2.37. The molecule has 0 aliphatic rings. The van der Waals surface area contributed by atoms with E-state index in [1.165, 1.54) is 16.8 Å². The van der Waals surface area contributed by atoms with Crippen molar-refractivity contribution in [3.05, 3.63) is 22.7 Å². The Balaban J connectivity index is 2.66. The van der Waals surface area contributed by atoms with Crippen LogP contribution >= 0.6 is 8.53 Å². The van der Waals surface area contributed by atoms with Gasteiger partial charge in [-0.05, 0) is 40.7 Å². The number of ether oxygens (including phenoxy) is 1. The SMILES string of the molecule is CC(C)N(C(C)C)P(O)OCC(CF)OC(C)n1ccc(N)nc1=O. The van der Waals surface area contributed by atoms with Gasteiger partial charge in [0.05, 0.1) is 6.61 Å². The van der Waals surface area contributed by atoms with E-state index in [0.717, 1.165) is 0 Å². The molecule has 0 aliphatic heterocycles. The normalized spacial score (nSPS) is 15.8. The molecule has 1 heterocycles. The van der Waals surface area contributed by atoms with Crippen LogP contribution in [0, 0.1) is 0 Å². The molecule has 0 amide bonds. The van der Waals surface area contributed by atoms with Crippen LogP contribution in [0.15, 0.2) is 17.1 Å². The molecule has 25 heavy (non-hydrogen) atoms. The molecule has 1 rings (SSSR count). The molecule has 0 aromatic carbocycles. The number of hydrogen-bond donors (Lipinski definition) is 2. The Morgan fingerprint density at radius 3 is 2.44 bits per heavy atom. The summed E-state index contributed by atoms with van der Waals surface area (Å²) < 4.78 is 27.2. The van der Waals surface area contributed by atoms with Gasteiger partial charge in [-0.1, -0.05) is 0 Å². The van der Waals surface area contributed by atoms with Gasteiger partial charge < -0.3 is 19.9 Å². The molecule has 3 atom stereocenters. The molecule has 0 bridgehead atoms. The highest BCUT2D eigenvalue weighted by Crippen LogP contribution is 2.40. The average Bonchev–Trinajstić information content (AvgIpc) is 2.50. The second kappa shape index (κ2) is 10.1. The third kappa shape index (κ3) is 6.60. The Morgan fingerprint density at radius 2 is 1.96 bits per heavy atom. The van der Waals surface area contributed by atoms with E-state index in [4.69, 9.17) is 15.0 Å². The second-order valence-electron chi connectivity index (χ2n) is 6.17. The number of alkyl halides is 1. The second-order valence-corrected chi connectivity index (χ2v) is 7.40. The predicted octanol–water partition coefficient (Wildman–Crippen LogP) is 2.05. The van der Waals surface area contributed by atoms with Crippen LogP contribution in [-0.2, 0) is 9.26 Å². The average molecular weight is 378 g/mol. The zero-order valence-electron chi connectivity index (χ0n) is 15.3. The molecule has 0 aliphatic carbocycles. The lowest BCUT2D eigenvalue weighted by molar-refractivity contribution is -0.0724. The van der Waals surface area contributed by atoms with E-state index in [9.17, 15) is 14.1 Å². The molecule has 8 nitrogen and oxygen atoms in total. The lowest BCUT2D eigenvalue weighted by Gasteiger charge is -2.33. The van der Waals surface area contributed by atoms with E-state index < -0.39 is 33.2 Å². The van der Waals surface area contributed by atoms with Gasteiger partial charge >= 0.3 is 5.69 Å². The van der Waals surface area contributed by atoms with Crippen molar-refractivity contribution >= 4 is 14.3 Å². The Hall–Kier alpha value is -1.12. The fourth-order valence-corrected chi connectivity index (χ4v) is 3.60. The standard InChI is InChI=1S/C15H28FN4O4P/c1-10(2)20(11(3)4)25(22)23-9-13(8-16)24-12(5)19-7-6-14(17)18-15(19)21/h6-7,10-13,22H,8-9H2,1-5H3,(H2,17,18,21). The maximum absolute atomic E-state index is 13.3. The first-order chi connectivity index (χ1) is 11.7. The first-order valence-electron chi connectivity index (χ1n) is 8.13. The van der Waals surface area contributed by atoms with E-state index >= 15 is 0 Å². The summed E-state index contributed by atoms with van der Waals surface area (Å²) in [5.41, 5.74) is 4.86. The van der Waals surface area contributed by atoms with Crippen molar-refractivity contribution in [1.82, 2.24) is 14.2 Å². The van der Waals surface area contributed by atoms with Crippen LogP contribution < -0.4 is 11.4 Å². The third-order valence-electron chi connectivity index (χ3n) is 3.44. The van der Waals surface area contributed by atoms with Gasteiger partial charge in [0.15, 0.2) is 0 Å². The molecule has 144 valence electrons. The van der Waals surface area contributed by atoms with Crippen molar-refractivity contribution in [2.24, 2.45) is 0 Å². The highest BCUT2D eigenvalue weighted by atomic mass is 31.2. The van der Waals surface area contributed by atoms with Crippen molar-refractivity contribution in [2.75, 3.05) is 19.0 Å². The summed E-state index contributed by atoms with van der Waals surface area (Å²) in [5.74, 6) is 0.104. The van der Waals surface area contributed by atoms with Crippen molar-refractivity contribution < 1.29 is 18.5 Å². The Labute approximate surface area is 148 Å². The number of nitrogens with zero attached hydrogens (tertiary/aromatic N) is 3. The largest absolute Gasteiger partial charge is 0.383 e. The van der Waals surface area contributed by atoms with E-state index in [0.29, 0.717) is 0 Å². The van der Waals surface area contributed by atoms with Crippen molar-refractivity contribution in [3.63, 3.8) is 0 Å². The molecular formula is C15H28FN4O4P. The Kier molecular flexibility index (Phi) is 8.88. The van der Waals surface area contributed by atoms with Crippen LogP contribution in [-0.4, -0.2) is 50.6 Å². The molecule has 0 fully saturated rings. The molecule has 0 spiro atoms. The topological polar surface area (TPSA) is 103 Å². The van der Waals surface area contributed by atoms with E-state index in [2.05, 4.69) is 4.98 Å². The summed E-state index contributed by atoms with van der Waals surface area (Å²) in [5, 5.41) is 0. The van der Waals surface area contributed by atoms with Crippen LogP contribution in [0.1, 0.15) is 40.8 Å². The van der Waals surface area contributed by atoms with Crippen LogP contribution in [0.5, 0.6) is 0 Å². The number of halogens is 1. The molecule has 3 N–H and O–H groups in total. The number of aromatic nitrogens is 2. The van der Waals surface area contributed by atoms with Gasteiger partial charge in [0.1, 0.15) is 24.8 Å². The maximum atomic E-state index is 13.3. The zero-order chi connectivity index (χ0) is 19.1. The lowest BCUT2D eigenvalue weighted by atomic mass is 10.3. The maximum Gasteiger partial charge on any atom is 0.351 e. The first kappa shape index (κ1) is 21.9. The summed E-state index contributed by atoms with van der Waals surface area (Å²) in [6, 6.07) is 1.62. The third-order valence-corrected chi connectivity index (χ3v) is 5.14. The van der Waals surface area contributed by atoms with Crippen LogP contribution in [0.3, 0.4) is 0 Å².